The lowest BCUT2D eigenvalue weighted by molar-refractivity contribution is 0.506. The molecule has 1 aliphatic rings. The van der Waals surface area contributed by atoms with E-state index in [0.717, 1.165) is 6.07 Å². The molecule has 0 aromatic heterocycles. The van der Waals surface area contributed by atoms with E-state index in [2.05, 4.69) is 10.3 Å². The summed E-state index contributed by atoms with van der Waals surface area (Å²) in [4.78, 5) is 4.09. The van der Waals surface area contributed by atoms with Crippen molar-refractivity contribution >= 4 is 5.84 Å². The summed E-state index contributed by atoms with van der Waals surface area (Å²) in [6.45, 7) is 2.54. The zero-order chi connectivity index (χ0) is 10.1. The quantitative estimate of drug-likeness (QED) is 0.726. The molecular formula is C10H10F2N2. The van der Waals surface area contributed by atoms with E-state index in [0.29, 0.717) is 12.4 Å². The van der Waals surface area contributed by atoms with E-state index in [4.69, 9.17) is 0 Å². The van der Waals surface area contributed by atoms with Crippen molar-refractivity contribution in [3.8, 4) is 0 Å². The molecule has 1 unspecified atom stereocenters. The lowest BCUT2D eigenvalue weighted by Crippen LogP contribution is -2.28. The lowest BCUT2D eigenvalue weighted by atomic mass is 10.2. The number of nitrogens with zero attached hydrogens (tertiary/aromatic N) is 1. The molecule has 74 valence electrons. The Labute approximate surface area is 80.7 Å². The number of nitrogens with one attached hydrogen (secondary N) is 1. The van der Waals surface area contributed by atoms with Gasteiger partial charge in [-0.3, -0.25) is 4.99 Å². The van der Waals surface area contributed by atoms with Gasteiger partial charge in [0.15, 0.2) is 11.6 Å². The molecule has 0 radical (unpaired) electrons. The fourth-order valence-electron chi connectivity index (χ4n) is 1.40. The fraction of sp³-hybridized carbons (Fsp3) is 0.300. The monoisotopic (exact) mass is 196 g/mol. The summed E-state index contributed by atoms with van der Waals surface area (Å²) in [7, 11) is 0. The Morgan fingerprint density at radius 3 is 2.86 bits per heavy atom. The summed E-state index contributed by atoms with van der Waals surface area (Å²) in [6, 6.07) is 4.27. The van der Waals surface area contributed by atoms with Gasteiger partial charge in [-0.15, -0.1) is 0 Å². The van der Waals surface area contributed by atoms with Crippen molar-refractivity contribution in [2.45, 2.75) is 13.0 Å². The molecule has 1 aromatic rings. The molecule has 1 aliphatic heterocycles. The van der Waals surface area contributed by atoms with Crippen LogP contribution in [0.5, 0.6) is 0 Å². The highest BCUT2D eigenvalue weighted by atomic mass is 19.2. The minimum absolute atomic E-state index is 0.188. The Bertz CT molecular complexity index is 388. The van der Waals surface area contributed by atoms with Gasteiger partial charge in [0, 0.05) is 6.04 Å². The number of aliphatic imine (C=N–C) groups is 1. The van der Waals surface area contributed by atoms with Gasteiger partial charge in [0.05, 0.1) is 12.1 Å². The highest BCUT2D eigenvalue weighted by Crippen LogP contribution is 2.13. The van der Waals surface area contributed by atoms with Gasteiger partial charge in [-0.05, 0) is 19.1 Å². The van der Waals surface area contributed by atoms with Crippen molar-refractivity contribution in [3.63, 3.8) is 0 Å². The molecule has 1 N–H and O–H groups in total. The zero-order valence-corrected chi connectivity index (χ0v) is 7.72. The molecule has 2 nitrogen and oxygen atoms in total. The molecule has 0 saturated heterocycles. The number of hydrogen-bond donors (Lipinski definition) is 1. The lowest BCUT2D eigenvalue weighted by Gasteiger charge is -2.06. The number of rotatable bonds is 1. The third kappa shape index (κ3) is 1.47. The standard InChI is InChI=1S/C10H10F2N2/c1-6-5-13-10(14-6)7-3-2-4-8(11)9(7)12/h2-4,6H,5H2,1H3,(H,13,14). The van der Waals surface area contributed by atoms with E-state index < -0.39 is 11.6 Å². The molecule has 1 aromatic carbocycles. The Kier molecular flexibility index (Phi) is 2.19. The summed E-state index contributed by atoms with van der Waals surface area (Å²) >= 11 is 0. The van der Waals surface area contributed by atoms with Gasteiger partial charge in [0.25, 0.3) is 0 Å². The maximum Gasteiger partial charge on any atom is 0.169 e. The summed E-state index contributed by atoms with van der Waals surface area (Å²) in [5.74, 6) is -1.24. The van der Waals surface area contributed by atoms with Crippen molar-refractivity contribution < 1.29 is 8.78 Å². The normalized spacial score (nSPS) is 20.5. The first-order chi connectivity index (χ1) is 6.68. The van der Waals surface area contributed by atoms with Gasteiger partial charge in [0.1, 0.15) is 5.84 Å². The molecule has 0 spiro atoms. The molecule has 0 saturated carbocycles. The first kappa shape index (κ1) is 9.12. The molecular weight excluding hydrogens is 186 g/mol. The van der Waals surface area contributed by atoms with E-state index in [1.807, 2.05) is 6.92 Å². The molecule has 14 heavy (non-hydrogen) atoms. The van der Waals surface area contributed by atoms with Crippen LogP contribution in [0.25, 0.3) is 0 Å². The Balaban J connectivity index is 2.38. The van der Waals surface area contributed by atoms with Crippen molar-refractivity contribution in [2.24, 2.45) is 4.99 Å². The van der Waals surface area contributed by atoms with Crippen LogP contribution in [0.15, 0.2) is 23.2 Å². The van der Waals surface area contributed by atoms with Crippen LogP contribution >= 0.6 is 0 Å². The second-order valence-corrected chi connectivity index (χ2v) is 3.34. The van der Waals surface area contributed by atoms with Gasteiger partial charge in [0.2, 0.25) is 0 Å². The average Bonchev–Trinajstić information content (AvgIpc) is 2.57. The van der Waals surface area contributed by atoms with Crippen LogP contribution in [0.4, 0.5) is 8.78 Å². The minimum Gasteiger partial charge on any atom is -0.365 e. The molecule has 0 amide bonds. The predicted octanol–water partition coefficient (Wildman–Crippen LogP) is 1.70. The Hall–Kier alpha value is -1.45. The molecule has 4 heteroatoms. The Morgan fingerprint density at radius 1 is 1.43 bits per heavy atom. The topological polar surface area (TPSA) is 24.4 Å². The van der Waals surface area contributed by atoms with E-state index in [-0.39, 0.29) is 11.6 Å². The molecule has 2 rings (SSSR count). The number of halogens is 2. The van der Waals surface area contributed by atoms with Crippen LogP contribution < -0.4 is 5.32 Å². The zero-order valence-electron chi connectivity index (χ0n) is 7.72. The molecule has 0 fully saturated rings. The van der Waals surface area contributed by atoms with Crippen LogP contribution in [0.2, 0.25) is 0 Å². The van der Waals surface area contributed by atoms with Gasteiger partial charge in [-0.1, -0.05) is 6.07 Å². The second kappa shape index (κ2) is 3.36. The van der Waals surface area contributed by atoms with Gasteiger partial charge >= 0.3 is 0 Å². The van der Waals surface area contributed by atoms with Crippen LogP contribution in [0.1, 0.15) is 12.5 Å². The minimum atomic E-state index is -0.841. The first-order valence-corrected chi connectivity index (χ1v) is 4.44. The van der Waals surface area contributed by atoms with E-state index in [1.54, 1.807) is 0 Å². The van der Waals surface area contributed by atoms with Crippen molar-refractivity contribution in [2.75, 3.05) is 6.54 Å². The van der Waals surface area contributed by atoms with Crippen molar-refractivity contribution in [1.82, 2.24) is 5.32 Å². The maximum absolute atomic E-state index is 13.3. The maximum atomic E-state index is 13.3. The van der Waals surface area contributed by atoms with Crippen LogP contribution in [0.3, 0.4) is 0 Å². The summed E-state index contributed by atoms with van der Waals surface area (Å²) in [6.07, 6.45) is 0. The third-order valence-electron chi connectivity index (χ3n) is 2.11. The Morgan fingerprint density at radius 2 is 2.21 bits per heavy atom. The highest BCUT2D eigenvalue weighted by Gasteiger charge is 2.18. The van der Waals surface area contributed by atoms with Gasteiger partial charge in [-0.25, -0.2) is 8.78 Å². The molecule has 0 aliphatic carbocycles. The number of amidine groups is 1. The smallest absolute Gasteiger partial charge is 0.169 e. The molecule has 1 heterocycles. The first-order valence-electron chi connectivity index (χ1n) is 4.44. The number of hydrogen-bond acceptors (Lipinski definition) is 2. The van der Waals surface area contributed by atoms with Crippen molar-refractivity contribution in [3.05, 3.63) is 35.4 Å². The fourth-order valence-corrected chi connectivity index (χ4v) is 1.40. The highest BCUT2D eigenvalue weighted by molar-refractivity contribution is 6.00. The molecule has 1 atom stereocenters. The summed E-state index contributed by atoms with van der Waals surface area (Å²) in [5.41, 5.74) is 0.203. The van der Waals surface area contributed by atoms with E-state index in [1.165, 1.54) is 12.1 Å². The largest absolute Gasteiger partial charge is 0.365 e. The van der Waals surface area contributed by atoms with Crippen LogP contribution in [0, 0.1) is 11.6 Å². The summed E-state index contributed by atoms with van der Waals surface area (Å²) < 4.78 is 26.2. The van der Waals surface area contributed by atoms with Crippen LogP contribution in [-0.2, 0) is 0 Å². The SMILES string of the molecule is CC1CN=C(c2cccc(F)c2F)N1. The predicted molar refractivity (Wildman–Crippen MR) is 50.4 cm³/mol. The summed E-state index contributed by atoms with van der Waals surface area (Å²) in [5, 5.41) is 2.98. The van der Waals surface area contributed by atoms with Crippen molar-refractivity contribution in [1.29, 1.82) is 0 Å². The van der Waals surface area contributed by atoms with Gasteiger partial charge in [-0.2, -0.15) is 0 Å². The van der Waals surface area contributed by atoms with Crippen LogP contribution in [-0.4, -0.2) is 18.4 Å². The molecule has 0 bridgehead atoms. The number of benzene rings is 1. The second-order valence-electron chi connectivity index (χ2n) is 3.34. The average molecular weight is 196 g/mol. The van der Waals surface area contributed by atoms with Gasteiger partial charge < -0.3 is 5.32 Å². The van der Waals surface area contributed by atoms with E-state index >= 15 is 0 Å². The third-order valence-corrected chi connectivity index (χ3v) is 2.11. The van der Waals surface area contributed by atoms with E-state index in [9.17, 15) is 8.78 Å².